The van der Waals surface area contributed by atoms with E-state index in [-0.39, 0.29) is 24.8 Å². The highest BCUT2D eigenvalue weighted by Gasteiger charge is 2.16. The summed E-state index contributed by atoms with van der Waals surface area (Å²) >= 11 is 0. The number of para-hydroxylation sites is 1. The second kappa shape index (κ2) is 7.07. The van der Waals surface area contributed by atoms with Crippen LogP contribution in [0.3, 0.4) is 0 Å². The molecule has 1 N–H and O–H groups in total. The molecule has 0 aliphatic carbocycles. The summed E-state index contributed by atoms with van der Waals surface area (Å²) in [4.78, 5) is 25.3. The van der Waals surface area contributed by atoms with Gasteiger partial charge in [-0.1, -0.05) is 18.2 Å². The van der Waals surface area contributed by atoms with Crippen LogP contribution in [0.25, 0.3) is 16.8 Å². The van der Waals surface area contributed by atoms with Gasteiger partial charge < -0.3 is 19.4 Å². The highest BCUT2D eigenvalue weighted by atomic mass is 16.7. The number of hydrogen-bond acceptors (Lipinski definition) is 5. The molecule has 5 rings (SSSR count). The van der Waals surface area contributed by atoms with Gasteiger partial charge in [0.1, 0.15) is 12.1 Å². The molecular weight excluding hydrogens is 384 g/mol. The fourth-order valence-corrected chi connectivity index (χ4v) is 3.41. The minimum Gasteiger partial charge on any atom is -0.454 e. The number of amides is 1. The molecule has 150 valence electrons. The summed E-state index contributed by atoms with van der Waals surface area (Å²) in [7, 11) is 0. The van der Waals surface area contributed by atoms with Crippen molar-refractivity contribution in [3.05, 3.63) is 76.8 Å². The Morgan fingerprint density at radius 3 is 2.80 bits per heavy atom. The van der Waals surface area contributed by atoms with Gasteiger partial charge in [-0.25, -0.2) is 4.52 Å². The molecule has 2 aromatic heterocycles. The van der Waals surface area contributed by atoms with E-state index < -0.39 is 0 Å². The molecule has 0 radical (unpaired) electrons. The molecule has 1 amide bonds. The zero-order valence-electron chi connectivity index (χ0n) is 16.2. The van der Waals surface area contributed by atoms with Gasteiger partial charge in [0.2, 0.25) is 12.7 Å². The molecule has 1 aliphatic rings. The molecule has 0 bridgehead atoms. The molecule has 0 saturated heterocycles. The lowest BCUT2D eigenvalue weighted by Gasteiger charge is -2.09. The van der Waals surface area contributed by atoms with Crippen LogP contribution in [0.1, 0.15) is 5.56 Å². The number of rotatable bonds is 4. The number of anilines is 1. The summed E-state index contributed by atoms with van der Waals surface area (Å²) in [5.74, 6) is 1.06. The van der Waals surface area contributed by atoms with Gasteiger partial charge in [-0.15, -0.1) is 0 Å². The van der Waals surface area contributed by atoms with E-state index in [4.69, 9.17) is 9.47 Å². The van der Waals surface area contributed by atoms with E-state index in [0.29, 0.717) is 22.7 Å². The standard InChI is InChI=1S/C22H18N4O4/c1-14-4-2-3-5-16(14)23-21(27)12-25-8-9-26-18(22(25)28)11-17(24-26)15-6-7-19-20(10-15)30-13-29-19/h2-11H,12-13H2,1H3,(H,23,27). The van der Waals surface area contributed by atoms with E-state index in [1.165, 1.54) is 9.08 Å². The Labute approximate surface area is 171 Å². The average molecular weight is 402 g/mol. The largest absolute Gasteiger partial charge is 0.454 e. The van der Waals surface area contributed by atoms with Gasteiger partial charge in [0.05, 0.1) is 5.69 Å². The second-order valence-electron chi connectivity index (χ2n) is 7.02. The lowest BCUT2D eigenvalue weighted by atomic mass is 10.1. The van der Waals surface area contributed by atoms with E-state index in [2.05, 4.69) is 10.4 Å². The molecule has 0 unspecified atom stereocenters. The van der Waals surface area contributed by atoms with E-state index in [0.717, 1.165) is 16.8 Å². The Hall–Kier alpha value is -4.07. The van der Waals surface area contributed by atoms with Gasteiger partial charge in [0, 0.05) is 23.6 Å². The van der Waals surface area contributed by atoms with Gasteiger partial charge in [-0.3, -0.25) is 9.59 Å². The summed E-state index contributed by atoms with van der Waals surface area (Å²) < 4.78 is 13.6. The molecule has 1 aliphatic heterocycles. The number of aromatic nitrogens is 3. The number of carbonyl (C=O) groups is 1. The number of aryl methyl sites for hydroxylation is 1. The molecule has 0 saturated carbocycles. The van der Waals surface area contributed by atoms with Gasteiger partial charge in [-0.05, 0) is 42.8 Å². The highest BCUT2D eigenvalue weighted by Crippen LogP contribution is 2.35. The molecule has 2 aromatic carbocycles. The van der Waals surface area contributed by atoms with Crippen LogP contribution in [0.5, 0.6) is 11.5 Å². The maximum absolute atomic E-state index is 12.9. The monoisotopic (exact) mass is 402 g/mol. The lowest BCUT2D eigenvalue weighted by molar-refractivity contribution is -0.116. The average Bonchev–Trinajstić information content (AvgIpc) is 3.38. The fourth-order valence-electron chi connectivity index (χ4n) is 3.41. The molecule has 0 spiro atoms. The van der Waals surface area contributed by atoms with E-state index in [1.54, 1.807) is 18.5 Å². The zero-order valence-corrected chi connectivity index (χ0v) is 16.2. The van der Waals surface area contributed by atoms with Crippen LogP contribution in [-0.2, 0) is 11.3 Å². The van der Waals surface area contributed by atoms with E-state index in [1.807, 2.05) is 49.4 Å². The van der Waals surface area contributed by atoms with Crippen molar-refractivity contribution in [2.45, 2.75) is 13.5 Å². The SMILES string of the molecule is Cc1ccccc1NC(=O)Cn1ccn2nc(-c3ccc4c(c3)OCO4)cc2c1=O. The van der Waals surface area contributed by atoms with Crippen LogP contribution in [0, 0.1) is 6.92 Å². The molecule has 8 nitrogen and oxygen atoms in total. The molecule has 0 atom stereocenters. The van der Waals surface area contributed by atoms with Crippen LogP contribution in [0.4, 0.5) is 5.69 Å². The van der Waals surface area contributed by atoms with Crippen molar-refractivity contribution < 1.29 is 14.3 Å². The first-order valence-corrected chi connectivity index (χ1v) is 9.43. The number of ether oxygens (including phenoxy) is 2. The summed E-state index contributed by atoms with van der Waals surface area (Å²) in [6.45, 7) is 2.02. The van der Waals surface area contributed by atoms with E-state index >= 15 is 0 Å². The predicted molar refractivity (Wildman–Crippen MR) is 111 cm³/mol. The fraction of sp³-hybridized carbons (Fsp3) is 0.136. The van der Waals surface area contributed by atoms with Crippen LogP contribution >= 0.6 is 0 Å². The van der Waals surface area contributed by atoms with Crippen molar-refractivity contribution >= 4 is 17.1 Å². The third kappa shape index (κ3) is 3.18. The summed E-state index contributed by atoms with van der Waals surface area (Å²) in [6, 6.07) is 14.7. The topological polar surface area (TPSA) is 86.9 Å². The van der Waals surface area contributed by atoms with Crippen molar-refractivity contribution in [2.24, 2.45) is 0 Å². The van der Waals surface area contributed by atoms with Crippen LogP contribution in [-0.4, -0.2) is 26.9 Å². The molecule has 3 heterocycles. The number of benzene rings is 2. The molecular formula is C22H18N4O4. The molecule has 8 heteroatoms. The van der Waals surface area contributed by atoms with Crippen LogP contribution in [0.2, 0.25) is 0 Å². The van der Waals surface area contributed by atoms with Gasteiger partial charge in [0.15, 0.2) is 11.5 Å². The minimum absolute atomic E-state index is 0.0891. The van der Waals surface area contributed by atoms with Crippen molar-refractivity contribution in [3.8, 4) is 22.8 Å². The Bertz CT molecular complexity index is 1340. The molecule has 0 fully saturated rings. The summed E-state index contributed by atoms with van der Waals surface area (Å²) in [6.07, 6.45) is 3.22. The number of carbonyl (C=O) groups excluding carboxylic acids is 1. The Balaban J connectivity index is 1.42. The van der Waals surface area contributed by atoms with Gasteiger partial charge in [0.25, 0.3) is 5.56 Å². The first-order valence-electron chi connectivity index (χ1n) is 9.43. The Morgan fingerprint density at radius 2 is 1.93 bits per heavy atom. The normalized spacial score (nSPS) is 12.3. The zero-order chi connectivity index (χ0) is 20.7. The maximum Gasteiger partial charge on any atom is 0.277 e. The Kier molecular flexibility index (Phi) is 4.24. The second-order valence-corrected chi connectivity index (χ2v) is 7.02. The number of nitrogens with zero attached hydrogens (tertiary/aromatic N) is 3. The van der Waals surface area contributed by atoms with Gasteiger partial charge >= 0.3 is 0 Å². The third-order valence-corrected chi connectivity index (χ3v) is 5.00. The van der Waals surface area contributed by atoms with Crippen molar-refractivity contribution in [3.63, 3.8) is 0 Å². The van der Waals surface area contributed by atoms with E-state index in [9.17, 15) is 9.59 Å². The number of hydrogen-bond donors (Lipinski definition) is 1. The number of nitrogens with one attached hydrogen (secondary N) is 1. The van der Waals surface area contributed by atoms with Crippen LogP contribution in [0.15, 0.2) is 65.7 Å². The first kappa shape index (κ1) is 18.0. The third-order valence-electron chi connectivity index (χ3n) is 5.00. The smallest absolute Gasteiger partial charge is 0.277 e. The highest BCUT2D eigenvalue weighted by molar-refractivity contribution is 5.91. The Morgan fingerprint density at radius 1 is 1.10 bits per heavy atom. The lowest BCUT2D eigenvalue weighted by Crippen LogP contribution is -2.28. The van der Waals surface area contributed by atoms with Crippen molar-refractivity contribution in [2.75, 3.05) is 12.1 Å². The first-order chi connectivity index (χ1) is 14.6. The maximum atomic E-state index is 12.9. The van der Waals surface area contributed by atoms with Crippen LogP contribution < -0.4 is 20.3 Å². The predicted octanol–water partition coefficient (Wildman–Crippen LogP) is 2.84. The van der Waals surface area contributed by atoms with Gasteiger partial charge in [-0.2, -0.15) is 5.10 Å². The minimum atomic E-state index is -0.295. The van der Waals surface area contributed by atoms with Crippen molar-refractivity contribution in [1.29, 1.82) is 0 Å². The molecule has 4 aromatic rings. The van der Waals surface area contributed by atoms with Crippen molar-refractivity contribution in [1.82, 2.24) is 14.2 Å². The summed E-state index contributed by atoms with van der Waals surface area (Å²) in [5, 5.41) is 7.32. The quantitative estimate of drug-likeness (QED) is 0.567. The number of fused-ring (bicyclic) bond motifs is 2. The summed E-state index contributed by atoms with van der Waals surface area (Å²) in [5.41, 5.74) is 3.22. The molecule has 30 heavy (non-hydrogen) atoms.